The predicted octanol–water partition coefficient (Wildman–Crippen LogP) is 5.34. The van der Waals surface area contributed by atoms with Gasteiger partial charge in [-0.15, -0.1) is 10.2 Å². The van der Waals surface area contributed by atoms with Crippen LogP contribution in [0, 0.1) is 11.3 Å². The van der Waals surface area contributed by atoms with Gasteiger partial charge in [0, 0.05) is 10.6 Å². The van der Waals surface area contributed by atoms with Crippen LogP contribution < -0.4 is 5.32 Å². The van der Waals surface area contributed by atoms with Crippen LogP contribution in [0.5, 0.6) is 0 Å². The van der Waals surface area contributed by atoms with E-state index >= 15 is 0 Å². The summed E-state index contributed by atoms with van der Waals surface area (Å²) in [5, 5.41) is 22.7. The number of hydrogen-bond acceptors (Lipinski definition) is 5. The van der Waals surface area contributed by atoms with E-state index in [4.69, 9.17) is 23.2 Å². The topological polar surface area (TPSA) is 83.6 Å². The van der Waals surface area contributed by atoms with Crippen LogP contribution in [0.3, 0.4) is 0 Å². The zero-order chi connectivity index (χ0) is 22.6. The molecule has 1 N–H and O–H groups in total. The number of nitriles is 1. The number of carbonyl (C=O) groups excluding carboxylic acids is 1. The van der Waals surface area contributed by atoms with Gasteiger partial charge in [0.05, 0.1) is 23.4 Å². The highest BCUT2D eigenvalue weighted by Crippen LogP contribution is 2.32. The number of carbonyl (C=O) groups is 1. The smallest absolute Gasteiger partial charge is 0.231 e. The number of benzene rings is 2. The third-order valence-corrected chi connectivity index (χ3v) is 6.97. The second kappa shape index (κ2) is 9.95. The van der Waals surface area contributed by atoms with Gasteiger partial charge in [-0.25, -0.2) is 0 Å². The van der Waals surface area contributed by atoms with E-state index in [1.54, 1.807) is 12.1 Å². The van der Waals surface area contributed by atoms with Gasteiger partial charge in [0.1, 0.15) is 5.54 Å². The number of hydrogen-bond donors (Lipinski definition) is 1. The van der Waals surface area contributed by atoms with Gasteiger partial charge in [0.2, 0.25) is 5.91 Å². The molecule has 4 rings (SSSR count). The number of aromatic nitrogens is 3. The minimum absolute atomic E-state index is 0.144. The Labute approximate surface area is 200 Å². The highest BCUT2D eigenvalue weighted by Gasteiger charge is 2.35. The van der Waals surface area contributed by atoms with Crippen LogP contribution in [0.1, 0.15) is 31.2 Å². The Bertz CT molecular complexity index is 1150. The maximum Gasteiger partial charge on any atom is 0.231 e. The molecule has 1 fully saturated rings. The highest BCUT2D eigenvalue weighted by molar-refractivity contribution is 7.99. The van der Waals surface area contributed by atoms with Crippen molar-refractivity contribution in [2.75, 3.05) is 5.75 Å². The molecule has 0 spiro atoms. The van der Waals surface area contributed by atoms with Crippen molar-refractivity contribution in [1.82, 2.24) is 20.1 Å². The van der Waals surface area contributed by atoms with Gasteiger partial charge < -0.3 is 5.32 Å². The monoisotopic (exact) mass is 485 g/mol. The van der Waals surface area contributed by atoms with Crippen molar-refractivity contribution in [3.05, 3.63) is 64.1 Å². The molecule has 0 aliphatic heterocycles. The van der Waals surface area contributed by atoms with E-state index in [-0.39, 0.29) is 11.7 Å². The molecule has 1 aliphatic rings. The Kier molecular flexibility index (Phi) is 7.04. The van der Waals surface area contributed by atoms with Crippen LogP contribution in [-0.4, -0.2) is 32.0 Å². The Morgan fingerprint density at radius 3 is 2.59 bits per heavy atom. The van der Waals surface area contributed by atoms with E-state index in [1.165, 1.54) is 11.8 Å². The van der Waals surface area contributed by atoms with E-state index in [0.717, 1.165) is 18.4 Å². The first-order valence-electron chi connectivity index (χ1n) is 10.3. The fraction of sp³-hybridized carbons (Fsp3) is 0.304. The lowest BCUT2D eigenvalue weighted by molar-refractivity contribution is -0.119. The van der Waals surface area contributed by atoms with E-state index in [9.17, 15) is 10.1 Å². The Hall–Kier alpha value is -2.53. The minimum Gasteiger partial charge on any atom is -0.337 e. The highest BCUT2D eigenvalue weighted by atomic mass is 35.5. The summed E-state index contributed by atoms with van der Waals surface area (Å²) in [7, 11) is 0. The van der Waals surface area contributed by atoms with Crippen molar-refractivity contribution in [3.63, 3.8) is 0 Å². The summed E-state index contributed by atoms with van der Waals surface area (Å²) in [6.45, 7) is 0.522. The van der Waals surface area contributed by atoms with E-state index in [1.807, 2.05) is 41.0 Å². The molecule has 3 aromatic rings. The van der Waals surface area contributed by atoms with Crippen LogP contribution in [0.4, 0.5) is 0 Å². The lowest BCUT2D eigenvalue weighted by Crippen LogP contribution is -2.45. The molecule has 1 heterocycles. The van der Waals surface area contributed by atoms with Crippen LogP contribution in [0.15, 0.2) is 53.7 Å². The maximum atomic E-state index is 12.6. The molecule has 6 nitrogen and oxygen atoms in total. The summed E-state index contributed by atoms with van der Waals surface area (Å²) in [4.78, 5) is 12.6. The normalized spacial score (nSPS) is 14.8. The molecule has 32 heavy (non-hydrogen) atoms. The maximum absolute atomic E-state index is 12.6. The molecule has 1 amide bonds. The number of nitrogens with zero attached hydrogens (tertiary/aromatic N) is 4. The molecule has 1 aliphatic carbocycles. The second-order valence-electron chi connectivity index (χ2n) is 7.74. The van der Waals surface area contributed by atoms with Crippen molar-refractivity contribution in [3.8, 4) is 17.5 Å². The minimum atomic E-state index is -0.739. The number of nitrogens with one attached hydrogen (secondary N) is 1. The third-order valence-electron chi connectivity index (χ3n) is 5.45. The van der Waals surface area contributed by atoms with Gasteiger partial charge in [-0.2, -0.15) is 5.26 Å². The van der Waals surface area contributed by atoms with Crippen molar-refractivity contribution in [1.29, 1.82) is 5.26 Å². The van der Waals surface area contributed by atoms with Gasteiger partial charge in [0.15, 0.2) is 11.0 Å². The number of halogens is 2. The molecule has 2 aromatic carbocycles. The molecule has 0 saturated heterocycles. The van der Waals surface area contributed by atoms with E-state index in [0.29, 0.717) is 46.0 Å². The fourth-order valence-electron chi connectivity index (χ4n) is 3.85. The number of thioether (sulfide) groups is 1. The molecule has 1 aromatic heterocycles. The van der Waals surface area contributed by atoms with E-state index in [2.05, 4.69) is 21.6 Å². The predicted molar refractivity (Wildman–Crippen MR) is 127 cm³/mol. The Morgan fingerprint density at radius 1 is 1.16 bits per heavy atom. The van der Waals surface area contributed by atoms with Gasteiger partial charge in [-0.1, -0.05) is 65.3 Å². The summed E-state index contributed by atoms with van der Waals surface area (Å²) >= 11 is 13.8. The van der Waals surface area contributed by atoms with Gasteiger partial charge in [-0.05, 0) is 49.4 Å². The Balaban J connectivity index is 1.58. The number of amides is 1. The zero-order valence-electron chi connectivity index (χ0n) is 17.2. The van der Waals surface area contributed by atoms with Crippen LogP contribution in [0.2, 0.25) is 10.0 Å². The summed E-state index contributed by atoms with van der Waals surface area (Å²) in [5.41, 5.74) is 1.04. The first-order chi connectivity index (χ1) is 15.5. The molecule has 0 atom stereocenters. The summed E-state index contributed by atoms with van der Waals surface area (Å²) in [6.07, 6.45) is 3.31. The lowest BCUT2D eigenvalue weighted by Gasteiger charge is -2.21. The second-order valence-corrected chi connectivity index (χ2v) is 9.53. The van der Waals surface area contributed by atoms with Crippen molar-refractivity contribution < 1.29 is 4.79 Å². The SMILES string of the molecule is N#CC1(NC(=O)CSc2nnc(-c3ccc(Cl)cc3Cl)n2Cc2ccccc2)CCCC1. The molecule has 164 valence electrons. The molecule has 0 bridgehead atoms. The van der Waals surface area contributed by atoms with Crippen LogP contribution in [0.25, 0.3) is 11.4 Å². The molecule has 0 radical (unpaired) electrons. The number of rotatable bonds is 7. The average Bonchev–Trinajstić information content (AvgIpc) is 3.41. The van der Waals surface area contributed by atoms with Crippen molar-refractivity contribution in [2.45, 2.75) is 42.9 Å². The van der Waals surface area contributed by atoms with Crippen LogP contribution in [-0.2, 0) is 11.3 Å². The van der Waals surface area contributed by atoms with Gasteiger partial charge >= 0.3 is 0 Å². The summed E-state index contributed by atoms with van der Waals surface area (Å²) in [6, 6.07) is 17.5. The summed E-state index contributed by atoms with van der Waals surface area (Å²) < 4.78 is 1.94. The first kappa shape index (κ1) is 22.7. The largest absolute Gasteiger partial charge is 0.337 e. The molecule has 9 heteroatoms. The lowest BCUT2D eigenvalue weighted by atomic mass is 10.0. The molecule has 0 unspecified atom stereocenters. The van der Waals surface area contributed by atoms with Gasteiger partial charge in [-0.3, -0.25) is 9.36 Å². The molecular weight excluding hydrogens is 465 g/mol. The Morgan fingerprint density at radius 2 is 1.91 bits per heavy atom. The quantitative estimate of drug-likeness (QED) is 0.456. The van der Waals surface area contributed by atoms with Crippen molar-refractivity contribution >= 4 is 40.9 Å². The third kappa shape index (κ3) is 5.09. The molecule has 1 saturated carbocycles. The average molecular weight is 486 g/mol. The summed E-state index contributed by atoms with van der Waals surface area (Å²) in [5.74, 6) is 0.562. The zero-order valence-corrected chi connectivity index (χ0v) is 19.6. The fourth-order valence-corrected chi connectivity index (χ4v) is 5.08. The molecular formula is C23H21Cl2N5OS. The van der Waals surface area contributed by atoms with Crippen LogP contribution >= 0.6 is 35.0 Å². The van der Waals surface area contributed by atoms with Crippen molar-refractivity contribution in [2.24, 2.45) is 0 Å². The first-order valence-corrected chi connectivity index (χ1v) is 12.0. The van der Waals surface area contributed by atoms with Gasteiger partial charge in [0.25, 0.3) is 0 Å². The standard InChI is InChI=1S/C23H21Cl2N5OS/c24-17-8-9-18(19(25)12-17)21-28-29-22(30(21)13-16-6-2-1-3-7-16)32-14-20(31)27-23(15-26)10-4-5-11-23/h1-3,6-9,12H,4-5,10-11,13-14H2,(H,27,31). The van der Waals surface area contributed by atoms with E-state index < -0.39 is 5.54 Å².